The van der Waals surface area contributed by atoms with Gasteiger partial charge in [-0.05, 0) is 6.92 Å². The molecule has 0 radical (unpaired) electrons. The van der Waals surface area contributed by atoms with E-state index in [1.165, 1.54) is 0 Å². The lowest BCUT2D eigenvalue weighted by atomic mass is 10.3. The minimum Gasteiger partial charge on any atom is -0.312 e. The number of piperazine rings is 1. The van der Waals surface area contributed by atoms with Crippen molar-refractivity contribution < 1.29 is 0 Å². The normalized spacial score (nSPS) is 27.0. The molecule has 0 aromatic carbocycles. The van der Waals surface area contributed by atoms with Gasteiger partial charge in [-0.25, -0.2) is 5.01 Å². The average molecular weight is 145 g/mol. The summed E-state index contributed by atoms with van der Waals surface area (Å²) in [6.07, 6.45) is 0. The molecule has 1 fully saturated rings. The molecule has 0 saturated carbocycles. The van der Waals surface area contributed by atoms with Gasteiger partial charge >= 0.3 is 0 Å². The third kappa shape index (κ3) is 3.82. The SMILES string of the molecule is CC.CC1CN(N)CCN1. The predicted octanol–water partition coefficient (Wildman–Crippen LogP) is 0.180. The first-order valence-electron chi connectivity index (χ1n) is 4.02. The van der Waals surface area contributed by atoms with Crippen LogP contribution in [0.25, 0.3) is 0 Å². The van der Waals surface area contributed by atoms with Crippen LogP contribution < -0.4 is 11.2 Å². The molecule has 1 heterocycles. The number of nitrogens with one attached hydrogen (secondary N) is 1. The maximum Gasteiger partial charge on any atom is 0.0280 e. The van der Waals surface area contributed by atoms with Crippen LogP contribution in [0, 0.1) is 0 Å². The zero-order valence-corrected chi connectivity index (χ0v) is 7.22. The number of nitrogens with zero attached hydrogens (tertiary/aromatic N) is 1. The molecule has 0 aliphatic carbocycles. The minimum absolute atomic E-state index is 0.564. The Bertz CT molecular complexity index is 67.3. The highest BCUT2D eigenvalue weighted by atomic mass is 15.4. The van der Waals surface area contributed by atoms with Crippen LogP contribution in [0.2, 0.25) is 0 Å². The summed E-state index contributed by atoms with van der Waals surface area (Å²) in [7, 11) is 0. The Balaban J connectivity index is 0.000000371. The van der Waals surface area contributed by atoms with Crippen LogP contribution >= 0.6 is 0 Å². The summed E-state index contributed by atoms with van der Waals surface area (Å²) < 4.78 is 0. The van der Waals surface area contributed by atoms with Crippen molar-refractivity contribution >= 4 is 0 Å². The van der Waals surface area contributed by atoms with Crippen LogP contribution in [0.4, 0.5) is 0 Å². The van der Waals surface area contributed by atoms with Gasteiger partial charge in [-0.2, -0.15) is 0 Å². The number of hydrogen-bond acceptors (Lipinski definition) is 3. The zero-order chi connectivity index (χ0) is 7.98. The molecule has 0 amide bonds. The lowest BCUT2D eigenvalue weighted by Gasteiger charge is -2.27. The van der Waals surface area contributed by atoms with Gasteiger partial charge in [-0.15, -0.1) is 0 Å². The van der Waals surface area contributed by atoms with E-state index in [9.17, 15) is 0 Å². The second kappa shape index (κ2) is 5.65. The fourth-order valence-corrected chi connectivity index (χ4v) is 0.962. The minimum atomic E-state index is 0.564. The van der Waals surface area contributed by atoms with Gasteiger partial charge in [0.15, 0.2) is 0 Å². The molecule has 62 valence electrons. The van der Waals surface area contributed by atoms with Crippen LogP contribution in [0.5, 0.6) is 0 Å². The van der Waals surface area contributed by atoms with E-state index in [2.05, 4.69) is 12.2 Å². The molecule has 1 atom stereocenters. The van der Waals surface area contributed by atoms with E-state index in [0.717, 1.165) is 19.6 Å². The summed E-state index contributed by atoms with van der Waals surface area (Å²) >= 11 is 0. The quantitative estimate of drug-likeness (QED) is 0.478. The fraction of sp³-hybridized carbons (Fsp3) is 1.00. The molecule has 3 nitrogen and oxygen atoms in total. The van der Waals surface area contributed by atoms with E-state index in [1.54, 1.807) is 0 Å². The van der Waals surface area contributed by atoms with Gasteiger partial charge < -0.3 is 5.32 Å². The van der Waals surface area contributed by atoms with E-state index >= 15 is 0 Å². The van der Waals surface area contributed by atoms with E-state index in [-0.39, 0.29) is 0 Å². The van der Waals surface area contributed by atoms with E-state index in [4.69, 9.17) is 5.84 Å². The molecular formula is C7H19N3. The van der Waals surface area contributed by atoms with Gasteiger partial charge in [0.1, 0.15) is 0 Å². The van der Waals surface area contributed by atoms with Gasteiger partial charge in [0.05, 0.1) is 0 Å². The van der Waals surface area contributed by atoms with Crippen molar-refractivity contribution in [1.29, 1.82) is 0 Å². The second-order valence-electron chi connectivity index (χ2n) is 2.35. The number of rotatable bonds is 0. The van der Waals surface area contributed by atoms with Gasteiger partial charge in [-0.3, -0.25) is 5.84 Å². The topological polar surface area (TPSA) is 41.3 Å². The summed E-state index contributed by atoms with van der Waals surface area (Å²) in [5.41, 5.74) is 0. The highest BCUT2D eigenvalue weighted by molar-refractivity contribution is 4.70. The molecule has 1 aliphatic heterocycles. The van der Waals surface area contributed by atoms with Crippen molar-refractivity contribution in [3.8, 4) is 0 Å². The molecule has 0 aromatic rings. The van der Waals surface area contributed by atoms with Crippen molar-refractivity contribution in [3.63, 3.8) is 0 Å². The Hall–Kier alpha value is -0.120. The van der Waals surface area contributed by atoms with E-state index in [1.807, 2.05) is 18.9 Å². The summed E-state index contributed by atoms with van der Waals surface area (Å²) in [5.74, 6) is 5.52. The molecule has 1 aliphatic rings. The summed E-state index contributed by atoms with van der Waals surface area (Å²) in [4.78, 5) is 0. The Morgan fingerprint density at radius 2 is 2.10 bits per heavy atom. The first-order valence-corrected chi connectivity index (χ1v) is 4.02. The van der Waals surface area contributed by atoms with Gasteiger partial charge in [0.25, 0.3) is 0 Å². The van der Waals surface area contributed by atoms with Crippen molar-refractivity contribution in [1.82, 2.24) is 10.3 Å². The van der Waals surface area contributed by atoms with Gasteiger partial charge in [0.2, 0.25) is 0 Å². The molecule has 3 N–H and O–H groups in total. The summed E-state index contributed by atoms with van der Waals surface area (Å²) in [6, 6.07) is 0.564. The largest absolute Gasteiger partial charge is 0.312 e. The van der Waals surface area contributed by atoms with E-state index in [0.29, 0.717) is 6.04 Å². The maximum atomic E-state index is 5.52. The monoisotopic (exact) mass is 145 g/mol. The predicted molar refractivity (Wildman–Crippen MR) is 44.6 cm³/mol. The van der Waals surface area contributed by atoms with Crippen molar-refractivity contribution in [2.45, 2.75) is 26.8 Å². The third-order valence-corrected chi connectivity index (χ3v) is 1.40. The fourth-order valence-electron chi connectivity index (χ4n) is 0.962. The highest BCUT2D eigenvalue weighted by Gasteiger charge is 2.10. The van der Waals surface area contributed by atoms with Gasteiger partial charge in [0, 0.05) is 25.7 Å². The van der Waals surface area contributed by atoms with Crippen LogP contribution in [-0.2, 0) is 0 Å². The van der Waals surface area contributed by atoms with Crippen LogP contribution in [0.3, 0.4) is 0 Å². The standard InChI is InChI=1S/C5H13N3.C2H6/c1-5-4-8(6)3-2-7-5;1-2/h5,7H,2-4,6H2,1H3;1-2H3. The highest BCUT2D eigenvalue weighted by Crippen LogP contribution is 1.89. The van der Waals surface area contributed by atoms with Crippen LogP contribution in [0.15, 0.2) is 0 Å². The molecule has 1 unspecified atom stereocenters. The molecule has 1 saturated heterocycles. The Labute approximate surface area is 63.5 Å². The van der Waals surface area contributed by atoms with Gasteiger partial charge in [-0.1, -0.05) is 13.8 Å². The zero-order valence-electron chi connectivity index (χ0n) is 7.22. The molecule has 10 heavy (non-hydrogen) atoms. The third-order valence-electron chi connectivity index (χ3n) is 1.40. The second-order valence-corrected chi connectivity index (χ2v) is 2.35. The first-order chi connectivity index (χ1) is 4.79. The summed E-state index contributed by atoms with van der Waals surface area (Å²) in [5, 5.41) is 5.14. The number of hydrogen-bond donors (Lipinski definition) is 2. The lowest BCUT2D eigenvalue weighted by Crippen LogP contribution is -2.51. The van der Waals surface area contributed by atoms with Crippen molar-refractivity contribution in [3.05, 3.63) is 0 Å². The molecule has 0 bridgehead atoms. The molecule has 0 spiro atoms. The Kier molecular flexibility index (Phi) is 5.58. The van der Waals surface area contributed by atoms with Crippen LogP contribution in [0.1, 0.15) is 20.8 Å². The van der Waals surface area contributed by atoms with Crippen molar-refractivity contribution in [2.75, 3.05) is 19.6 Å². The molecular weight excluding hydrogens is 126 g/mol. The smallest absolute Gasteiger partial charge is 0.0280 e. The van der Waals surface area contributed by atoms with Crippen LogP contribution in [-0.4, -0.2) is 30.7 Å². The molecule has 1 rings (SSSR count). The maximum absolute atomic E-state index is 5.52. The number of nitrogens with two attached hydrogens (primary N) is 1. The average Bonchev–Trinajstić information content (AvgIpc) is 1.91. The summed E-state index contributed by atoms with van der Waals surface area (Å²) in [6.45, 7) is 9.11. The first kappa shape index (κ1) is 9.88. The molecule has 0 aromatic heterocycles. The van der Waals surface area contributed by atoms with E-state index < -0.39 is 0 Å². The Morgan fingerprint density at radius 3 is 2.40 bits per heavy atom. The van der Waals surface area contributed by atoms with Crippen molar-refractivity contribution in [2.24, 2.45) is 5.84 Å². The lowest BCUT2D eigenvalue weighted by molar-refractivity contribution is 0.212. The Morgan fingerprint density at radius 1 is 1.50 bits per heavy atom. The molecule has 3 heteroatoms. The number of hydrazine groups is 1.